The summed E-state index contributed by atoms with van der Waals surface area (Å²) in [6, 6.07) is 15.1. The number of rotatable bonds is 6. The Hall–Kier alpha value is -2.93. The third-order valence-electron chi connectivity index (χ3n) is 4.54. The molecule has 2 heterocycles. The van der Waals surface area contributed by atoms with Crippen LogP contribution in [0.5, 0.6) is 5.75 Å². The van der Waals surface area contributed by atoms with E-state index in [1.54, 1.807) is 35.9 Å². The van der Waals surface area contributed by atoms with E-state index in [0.29, 0.717) is 23.0 Å². The molecule has 0 spiro atoms. The number of benzene rings is 2. The Labute approximate surface area is 167 Å². The van der Waals surface area contributed by atoms with E-state index in [9.17, 15) is 4.79 Å². The van der Waals surface area contributed by atoms with Crippen molar-refractivity contribution in [2.45, 2.75) is 30.7 Å². The fourth-order valence-corrected chi connectivity index (χ4v) is 4.14. The van der Waals surface area contributed by atoms with Gasteiger partial charge in [-0.2, -0.15) is 4.52 Å². The van der Waals surface area contributed by atoms with Crippen LogP contribution >= 0.6 is 11.8 Å². The molecular formula is C21H20N4O2S. The minimum absolute atomic E-state index is 0.0649. The highest BCUT2D eigenvalue weighted by atomic mass is 32.2. The van der Waals surface area contributed by atoms with E-state index >= 15 is 0 Å². The van der Waals surface area contributed by atoms with Crippen molar-refractivity contribution >= 4 is 34.1 Å². The first kappa shape index (κ1) is 18.4. The van der Waals surface area contributed by atoms with Gasteiger partial charge in [-0.1, -0.05) is 30.8 Å². The summed E-state index contributed by atoms with van der Waals surface area (Å²) in [5.41, 5.74) is 2.26. The highest BCUT2D eigenvalue weighted by Gasteiger charge is 2.23. The lowest BCUT2D eigenvalue weighted by atomic mass is 10.1. The van der Waals surface area contributed by atoms with Crippen molar-refractivity contribution in [3.8, 4) is 5.75 Å². The Bertz CT molecular complexity index is 1150. The van der Waals surface area contributed by atoms with Gasteiger partial charge in [-0.05, 0) is 49.7 Å². The highest BCUT2D eigenvalue weighted by Crippen LogP contribution is 2.30. The van der Waals surface area contributed by atoms with E-state index in [2.05, 4.69) is 10.1 Å². The molecule has 0 bridgehead atoms. The van der Waals surface area contributed by atoms with E-state index in [0.717, 1.165) is 22.3 Å². The number of thioether (sulfide) groups is 1. The number of ketones is 1. The maximum absolute atomic E-state index is 13.1. The largest absolute Gasteiger partial charge is 0.497 e. The van der Waals surface area contributed by atoms with E-state index < -0.39 is 0 Å². The molecule has 4 aromatic rings. The SMILES string of the molecule is CCC(Sc1nc2ccccc2c2nc(C)nn12)C(=O)c1ccc(OC)cc1. The van der Waals surface area contributed by atoms with Gasteiger partial charge in [-0.3, -0.25) is 4.79 Å². The Morgan fingerprint density at radius 2 is 1.89 bits per heavy atom. The van der Waals surface area contributed by atoms with E-state index in [1.165, 1.54) is 11.8 Å². The molecule has 142 valence electrons. The molecule has 0 saturated heterocycles. The van der Waals surface area contributed by atoms with Crippen LogP contribution in [0.3, 0.4) is 0 Å². The third kappa shape index (κ3) is 3.33. The molecule has 2 aromatic heterocycles. The molecule has 0 aliphatic rings. The van der Waals surface area contributed by atoms with Gasteiger partial charge in [0.05, 0.1) is 17.9 Å². The average molecular weight is 392 g/mol. The fraction of sp³-hybridized carbons (Fsp3) is 0.238. The summed E-state index contributed by atoms with van der Waals surface area (Å²) in [7, 11) is 1.61. The lowest BCUT2D eigenvalue weighted by molar-refractivity contribution is 0.0988. The van der Waals surface area contributed by atoms with Crippen LogP contribution in [0.2, 0.25) is 0 Å². The van der Waals surface area contributed by atoms with Crippen molar-refractivity contribution in [2.24, 2.45) is 0 Å². The Kier molecular flexibility index (Phi) is 5.00. The van der Waals surface area contributed by atoms with Crippen LogP contribution in [0, 0.1) is 6.92 Å². The highest BCUT2D eigenvalue weighted by molar-refractivity contribution is 8.00. The maximum atomic E-state index is 13.1. The van der Waals surface area contributed by atoms with Crippen LogP contribution in [0.1, 0.15) is 29.5 Å². The van der Waals surface area contributed by atoms with E-state index in [1.807, 2.05) is 38.1 Å². The van der Waals surface area contributed by atoms with Crippen molar-refractivity contribution in [1.82, 2.24) is 19.6 Å². The standard InChI is InChI=1S/C21H20N4O2S/c1-4-18(19(26)14-9-11-15(27-3)12-10-14)28-21-23-17-8-6-5-7-16(17)20-22-13(2)24-25(20)21/h5-12,18H,4H2,1-3H3. The first-order valence-corrected chi connectivity index (χ1v) is 9.95. The molecular weight excluding hydrogens is 372 g/mol. The summed E-state index contributed by atoms with van der Waals surface area (Å²) in [5.74, 6) is 1.47. The lowest BCUT2D eigenvalue weighted by Gasteiger charge is -2.14. The normalized spacial score (nSPS) is 12.4. The number of carbonyl (C=O) groups is 1. The third-order valence-corrected chi connectivity index (χ3v) is 5.85. The number of hydrogen-bond acceptors (Lipinski definition) is 6. The zero-order valence-electron chi connectivity index (χ0n) is 15.9. The topological polar surface area (TPSA) is 69.4 Å². The van der Waals surface area contributed by atoms with Crippen LogP contribution in [0.4, 0.5) is 0 Å². The number of ether oxygens (including phenoxy) is 1. The summed E-state index contributed by atoms with van der Waals surface area (Å²) < 4.78 is 6.92. The number of aromatic nitrogens is 4. The number of fused-ring (bicyclic) bond motifs is 3. The Morgan fingerprint density at radius 1 is 1.14 bits per heavy atom. The molecule has 7 heteroatoms. The summed E-state index contributed by atoms with van der Waals surface area (Å²) in [5, 5.41) is 5.85. The number of hydrogen-bond donors (Lipinski definition) is 0. The van der Waals surface area contributed by atoms with E-state index in [4.69, 9.17) is 9.72 Å². The number of aryl methyl sites for hydroxylation is 1. The molecule has 0 radical (unpaired) electrons. The van der Waals surface area contributed by atoms with Crippen LogP contribution in [0.15, 0.2) is 53.7 Å². The van der Waals surface area contributed by atoms with Crippen LogP contribution in [-0.4, -0.2) is 37.7 Å². The average Bonchev–Trinajstić information content (AvgIpc) is 3.13. The molecule has 0 fully saturated rings. The van der Waals surface area contributed by atoms with Gasteiger partial charge in [0.15, 0.2) is 16.6 Å². The van der Waals surface area contributed by atoms with Crippen LogP contribution in [-0.2, 0) is 0 Å². The van der Waals surface area contributed by atoms with Crippen molar-refractivity contribution in [3.63, 3.8) is 0 Å². The summed E-state index contributed by atoms with van der Waals surface area (Å²) in [4.78, 5) is 22.4. The number of carbonyl (C=O) groups excluding carboxylic acids is 1. The zero-order valence-corrected chi connectivity index (χ0v) is 16.7. The molecule has 0 amide bonds. The van der Waals surface area contributed by atoms with Gasteiger partial charge in [0, 0.05) is 10.9 Å². The minimum atomic E-state index is -0.269. The second-order valence-corrected chi connectivity index (χ2v) is 7.58. The second kappa shape index (κ2) is 7.59. The Balaban J connectivity index is 1.72. The monoisotopic (exact) mass is 392 g/mol. The number of para-hydroxylation sites is 1. The predicted molar refractivity (Wildman–Crippen MR) is 110 cm³/mol. The predicted octanol–water partition coefficient (Wildman–Crippen LogP) is 4.35. The van der Waals surface area contributed by atoms with Gasteiger partial charge in [0.25, 0.3) is 0 Å². The second-order valence-electron chi connectivity index (χ2n) is 6.41. The first-order valence-electron chi connectivity index (χ1n) is 9.07. The van der Waals surface area contributed by atoms with Gasteiger partial charge in [0.1, 0.15) is 11.6 Å². The van der Waals surface area contributed by atoms with Gasteiger partial charge in [-0.25, -0.2) is 9.97 Å². The van der Waals surface area contributed by atoms with Crippen molar-refractivity contribution < 1.29 is 9.53 Å². The summed E-state index contributed by atoms with van der Waals surface area (Å²) >= 11 is 1.43. The van der Waals surface area contributed by atoms with Crippen molar-refractivity contribution in [2.75, 3.05) is 7.11 Å². The molecule has 6 nitrogen and oxygen atoms in total. The maximum Gasteiger partial charge on any atom is 0.192 e. The molecule has 0 aliphatic heterocycles. The summed E-state index contributed by atoms with van der Waals surface area (Å²) in [6.07, 6.45) is 0.680. The molecule has 28 heavy (non-hydrogen) atoms. The van der Waals surface area contributed by atoms with E-state index in [-0.39, 0.29) is 11.0 Å². The fourth-order valence-electron chi connectivity index (χ4n) is 3.10. The van der Waals surface area contributed by atoms with Crippen LogP contribution < -0.4 is 4.74 Å². The van der Waals surface area contributed by atoms with Gasteiger partial charge >= 0.3 is 0 Å². The molecule has 1 atom stereocenters. The quantitative estimate of drug-likeness (QED) is 0.276. The number of nitrogens with zero attached hydrogens (tertiary/aromatic N) is 4. The molecule has 1 unspecified atom stereocenters. The molecule has 0 N–H and O–H groups in total. The lowest BCUT2D eigenvalue weighted by Crippen LogP contribution is -2.17. The smallest absolute Gasteiger partial charge is 0.192 e. The first-order chi connectivity index (χ1) is 13.6. The molecule has 2 aromatic carbocycles. The van der Waals surface area contributed by atoms with Crippen molar-refractivity contribution in [1.29, 1.82) is 0 Å². The number of Topliss-reactive ketones (excluding diaryl/α,β-unsaturated/α-hetero) is 1. The Morgan fingerprint density at radius 3 is 2.61 bits per heavy atom. The van der Waals surface area contributed by atoms with Gasteiger partial charge in [0.2, 0.25) is 0 Å². The molecule has 4 rings (SSSR count). The van der Waals surface area contributed by atoms with Gasteiger partial charge < -0.3 is 4.74 Å². The molecule has 0 saturated carbocycles. The van der Waals surface area contributed by atoms with Gasteiger partial charge in [-0.15, -0.1) is 5.10 Å². The number of methoxy groups -OCH3 is 1. The molecule has 0 aliphatic carbocycles. The summed E-state index contributed by atoms with van der Waals surface area (Å²) in [6.45, 7) is 3.86. The minimum Gasteiger partial charge on any atom is -0.497 e. The zero-order chi connectivity index (χ0) is 19.7. The van der Waals surface area contributed by atoms with Crippen LogP contribution in [0.25, 0.3) is 16.6 Å². The van der Waals surface area contributed by atoms with Crippen molar-refractivity contribution in [3.05, 3.63) is 59.9 Å².